The quantitative estimate of drug-likeness (QED) is 0.871. The fourth-order valence-corrected chi connectivity index (χ4v) is 4.46. The third-order valence-electron chi connectivity index (χ3n) is 3.57. The van der Waals surface area contributed by atoms with Crippen molar-refractivity contribution < 1.29 is 13.2 Å². The molecular formula is C16H18N2O3S2. The van der Waals surface area contributed by atoms with Gasteiger partial charge in [-0.3, -0.25) is 9.10 Å². The highest BCUT2D eigenvalue weighted by Gasteiger charge is 2.36. The number of benzene rings is 1. The number of hydrogen-bond donors (Lipinski definition) is 1. The lowest BCUT2D eigenvalue weighted by molar-refractivity contribution is -0.115. The van der Waals surface area contributed by atoms with E-state index in [4.69, 9.17) is 0 Å². The number of amides is 1. The summed E-state index contributed by atoms with van der Waals surface area (Å²) < 4.78 is 25.7. The first-order chi connectivity index (χ1) is 10.9. The van der Waals surface area contributed by atoms with Gasteiger partial charge in [-0.1, -0.05) is 18.2 Å². The van der Waals surface area contributed by atoms with Crippen LogP contribution in [-0.2, 0) is 21.2 Å². The molecule has 0 bridgehead atoms. The normalized spacial score (nSPS) is 14.5. The van der Waals surface area contributed by atoms with Gasteiger partial charge in [-0.15, -0.1) is 11.3 Å². The molecule has 1 aromatic heterocycles. The largest absolute Gasteiger partial charge is 0.324 e. The van der Waals surface area contributed by atoms with Crippen LogP contribution in [0.15, 0.2) is 41.8 Å². The number of thiophene rings is 1. The smallest absolute Gasteiger partial charge is 0.232 e. The monoisotopic (exact) mass is 350 g/mol. The fraction of sp³-hybridized carbons (Fsp3) is 0.312. The fourth-order valence-electron chi connectivity index (χ4n) is 2.49. The average Bonchev–Trinajstić information content (AvgIpc) is 3.16. The van der Waals surface area contributed by atoms with Gasteiger partial charge >= 0.3 is 0 Å². The molecule has 5 nitrogen and oxygen atoms in total. The number of rotatable bonds is 6. The molecule has 0 unspecified atom stereocenters. The number of carbonyl (C=O) groups is 1. The maximum atomic E-state index is 12.2. The first-order valence-corrected chi connectivity index (χ1v) is 10.1. The van der Waals surface area contributed by atoms with Crippen molar-refractivity contribution >= 4 is 38.6 Å². The van der Waals surface area contributed by atoms with Crippen molar-refractivity contribution in [3.05, 3.63) is 46.7 Å². The Morgan fingerprint density at radius 2 is 2.00 bits per heavy atom. The second-order valence-corrected chi connectivity index (χ2v) is 8.50. The van der Waals surface area contributed by atoms with Crippen LogP contribution < -0.4 is 9.62 Å². The molecule has 1 fully saturated rings. The molecule has 1 aliphatic rings. The van der Waals surface area contributed by atoms with Crippen molar-refractivity contribution in [2.45, 2.75) is 25.3 Å². The molecule has 7 heteroatoms. The SMILES string of the molecule is CS(=O)(=O)N(c1ccccc1NC(=O)Cc1cccs1)C1CC1. The highest BCUT2D eigenvalue weighted by atomic mass is 32.2. The Balaban J connectivity index is 1.84. The van der Waals surface area contributed by atoms with Gasteiger partial charge < -0.3 is 5.32 Å². The Kier molecular flexibility index (Phi) is 4.41. The molecule has 1 aromatic carbocycles. The van der Waals surface area contributed by atoms with Gasteiger partial charge in [0.2, 0.25) is 15.9 Å². The number of para-hydroxylation sites is 2. The minimum absolute atomic E-state index is 0.000322. The van der Waals surface area contributed by atoms with Crippen LogP contribution in [0, 0.1) is 0 Å². The molecule has 0 atom stereocenters. The summed E-state index contributed by atoms with van der Waals surface area (Å²) in [6.45, 7) is 0. The third kappa shape index (κ3) is 3.92. The summed E-state index contributed by atoms with van der Waals surface area (Å²) in [5, 5.41) is 4.77. The Hall–Kier alpha value is -1.86. The van der Waals surface area contributed by atoms with Crippen molar-refractivity contribution in [2.24, 2.45) is 0 Å². The molecule has 0 saturated heterocycles. The lowest BCUT2D eigenvalue weighted by Crippen LogP contribution is -2.33. The predicted octanol–water partition coefficient (Wildman–Crippen LogP) is 2.86. The first-order valence-electron chi connectivity index (χ1n) is 7.36. The Bertz CT molecular complexity index is 796. The van der Waals surface area contributed by atoms with Crippen LogP contribution in [0.5, 0.6) is 0 Å². The summed E-state index contributed by atoms with van der Waals surface area (Å²) in [6, 6.07) is 10.9. The van der Waals surface area contributed by atoms with E-state index >= 15 is 0 Å². The van der Waals surface area contributed by atoms with E-state index in [1.807, 2.05) is 17.5 Å². The van der Waals surface area contributed by atoms with E-state index in [2.05, 4.69) is 5.32 Å². The zero-order chi connectivity index (χ0) is 16.4. The lowest BCUT2D eigenvalue weighted by Gasteiger charge is -2.24. The second kappa shape index (κ2) is 6.33. The van der Waals surface area contributed by atoms with Crippen LogP contribution in [0.3, 0.4) is 0 Å². The van der Waals surface area contributed by atoms with Crippen LogP contribution in [0.4, 0.5) is 11.4 Å². The van der Waals surface area contributed by atoms with E-state index < -0.39 is 10.0 Å². The summed E-state index contributed by atoms with van der Waals surface area (Å²) >= 11 is 1.52. The molecule has 3 rings (SSSR count). The number of nitrogens with one attached hydrogen (secondary N) is 1. The molecule has 1 amide bonds. The van der Waals surface area contributed by atoms with Gasteiger partial charge in [-0.05, 0) is 36.4 Å². The van der Waals surface area contributed by atoms with Gasteiger partial charge in [0, 0.05) is 10.9 Å². The standard InChI is InChI=1S/C16H18N2O3S2/c1-23(20,21)18(12-8-9-12)15-7-3-2-6-14(15)17-16(19)11-13-5-4-10-22-13/h2-7,10,12H,8-9,11H2,1H3,(H,17,19). The highest BCUT2D eigenvalue weighted by molar-refractivity contribution is 7.92. The maximum absolute atomic E-state index is 12.2. The molecule has 1 saturated carbocycles. The molecule has 0 radical (unpaired) electrons. The topological polar surface area (TPSA) is 66.5 Å². The minimum Gasteiger partial charge on any atom is -0.324 e. The van der Waals surface area contributed by atoms with Crippen LogP contribution in [-0.4, -0.2) is 26.6 Å². The number of anilines is 2. The number of sulfonamides is 1. The zero-order valence-corrected chi connectivity index (χ0v) is 14.4. The molecule has 1 N–H and O–H groups in total. The predicted molar refractivity (Wildman–Crippen MR) is 93.4 cm³/mol. The second-order valence-electron chi connectivity index (χ2n) is 5.61. The van der Waals surface area contributed by atoms with Gasteiger partial charge in [-0.25, -0.2) is 8.42 Å². The average molecular weight is 350 g/mol. The molecule has 1 aliphatic carbocycles. The van der Waals surface area contributed by atoms with Crippen molar-refractivity contribution in [3.63, 3.8) is 0 Å². The molecule has 2 aromatic rings. The van der Waals surface area contributed by atoms with E-state index in [1.54, 1.807) is 24.3 Å². The van der Waals surface area contributed by atoms with Crippen LogP contribution in [0.25, 0.3) is 0 Å². The van der Waals surface area contributed by atoms with Crippen LogP contribution in [0.2, 0.25) is 0 Å². The summed E-state index contributed by atoms with van der Waals surface area (Å²) in [5.74, 6) is -0.149. The summed E-state index contributed by atoms with van der Waals surface area (Å²) in [6.07, 6.45) is 3.19. The van der Waals surface area contributed by atoms with Gasteiger partial charge in [0.25, 0.3) is 0 Å². The van der Waals surface area contributed by atoms with E-state index in [0.29, 0.717) is 11.4 Å². The molecular weight excluding hydrogens is 332 g/mol. The van der Waals surface area contributed by atoms with E-state index in [9.17, 15) is 13.2 Å². The Labute approximate surface area is 140 Å². The number of hydrogen-bond acceptors (Lipinski definition) is 4. The van der Waals surface area contributed by atoms with Crippen LogP contribution in [0.1, 0.15) is 17.7 Å². The molecule has 23 heavy (non-hydrogen) atoms. The van der Waals surface area contributed by atoms with Gasteiger partial charge in [0.1, 0.15) is 0 Å². The van der Waals surface area contributed by atoms with Gasteiger partial charge in [0.15, 0.2) is 0 Å². The van der Waals surface area contributed by atoms with E-state index in [1.165, 1.54) is 21.9 Å². The molecule has 1 heterocycles. The number of nitrogens with zero attached hydrogens (tertiary/aromatic N) is 1. The van der Waals surface area contributed by atoms with Crippen LogP contribution >= 0.6 is 11.3 Å². The van der Waals surface area contributed by atoms with E-state index in [0.717, 1.165) is 17.7 Å². The van der Waals surface area contributed by atoms with Gasteiger partial charge in [0.05, 0.1) is 24.1 Å². The Morgan fingerprint density at radius 1 is 1.26 bits per heavy atom. The minimum atomic E-state index is -3.38. The zero-order valence-electron chi connectivity index (χ0n) is 12.7. The highest BCUT2D eigenvalue weighted by Crippen LogP contribution is 2.37. The molecule has 0 spiro atoms. The van der Waals surface area contributed by atoms with E-state index in [-0.39, 0.29) is 18.4 Å². The van der Waals surface area contributed by atoms with Crippen molar-refractivity contribution in [1.82, 2.24) is 0 Å². The van der Waals surface area contributed by atoms with Crippen molar-refractivity contribution in [3.8, 4) is 0 Å². The van der Waals surface area contributed by atoms with Crippen molar-refractivity contribution in [1.29, 1.82) is 0 Å². The molecule has 0 aliphatic heterocycles. The van der Waals surface area contributed by atoms with Gasteiger partial charge in [-0.2, -0.15) is 0 Å². The maximum Gasteiger partial charge on any atom is 0.232 e. The summed E-state index contributed by atoms with van der Waals surface area (Å²) in [4.78, 5) is 13.2. The third-order valence-corrected chi connectivity index (χ3v) is 5.65. The number of carbonyl (C=O) groups excluding carboxylic acids is 1. The Morgan fingerprint density at radius 3 is 2.61 bits per heavy atom. The lowest BCUT2D eigenvalue weighted by atomic mass is 10.2. The first kappa shape index (κ1) is 16.0. The summed E-state index contributed by atoms with van der Waals surface area (Å²) in [5.41, 5.74) is 1.07. The molecule has 122 valence electrons. The van der Waals surface area contributed by atoms with Crippen molar-refractivity contribution in [2.75, 3.05) is 15.9 Å². The summed E-state index contributed by atoms with van der Waals surface area (Å²) in [7, 11) is -3.38.